The molecule has 1 aromatic rings. The molecule has 1 aliphatic heterocycles. The number of thioether (sulfide) groups is 1. The Morgan fingerprint density at radius 1 is 1.43 bits per heavy atom. The van der Waals surface area contributed by atoms with E-state index in [1.165, 1.54) is 0 Å². The van der Waals surface area contributed by atoms with Crippen LogP contribution in [0.15, 0.2) is 24.3 Å². The lowest BCUT2D eigenvalue weighted by molar-refractivity contribution is 0.340. The molecule has 2 N–H and O–H groups in total. The third kappa shape index (κ3) is 3.77. The number of sulfonamides is 1. The number of nitrogens with zero attached hydrogens (tertiary/aromatic N) is 1. The Morgan fingerprint density at radius 2 is 2.10 bits per heavy atom. The number of hydrogen-bond acceptors (Lipinski definition) is 4. The first-order valence-corrected chi connectivity index (χ1v) is 9.88. The van der Waals surface area contributed by atoms with Crippen LogP contribution in [0.1, 0.15) is 25.0 Å². The highest BCUT2D eigenvalue weighted by atomic mass is 32.2. The van der Waals surface area contributed by atoms with Gasteiger partial charge in [-0.3, -0.25) is 0 Å². The molecule has 2 rings (SSSR count). The minimum absolute atomic E-state index is 0.00532. The molecular formula is C14H20N2O2S3. The molecule has 1 saturated heterocycles. The Labute approximate surface area is 136 Å². The van der Waals surface area contributed by atoms with Crippen LogP contribution in [0.2, 0.25) is 0 Å². The molecule has 0 amide bonds. The van der Waals surface area contributed by atoms with Gasteiger partial charge in [-0.25, -0.2) is 8.42 Å². The fraction of sp³-hybridized carbons (Fsp3) is 0.500. The van der Waals surface area contributed by atoms with E-state index in [0.717, 1.165) is 5.75 Å². The fourth-order valence-corrected chi connectivity index (χ4v) is 5.82. The van der Waals surface area contributed by atoms with Crippen LogP contribution in [0, 0.1) is 0 Å². The fourth-order valence-electron chi connectivity index (χ4n) is 2.46. The van der Waals surface area contributed by atoms with Crippen molar-refractivity contribution in [2.75, 3.05) is 12.3 Å². The molecule has 1 aromatic carbocycles. The molecule has 0 bridgehead atoms. The normalized spacial score (nSPS) is 23.9. The van der Waals surface area contributed by atoms with Crippen LogP contribution in [-0.4, -0.2) is 41.3 Å². The first kappa shape index (κ1) is 16.7. The number of hydrogen-bond donors (Lipinski definition) is 1. The molecule has 0 saturated carbocycles. The number of thiocarbonyl (C=S) groups is 1. The maximum Gasteiger partial charge on any atom is 0.218 e. The molecule has 0 aliphatic carbocycles. The number of rotatable bonds is 4. The molecule has 1 fully saturated rings. The van der Waals surface area contributed by atoms with Gasteiger partial charge in [0.1, 0.15) is 4.99 Å². The Kier molecular flexibility index (Phi) is 5.29. The summed E-state index contributed by atoms with van der Waals surface area (Å²) in [6.07, 6.45) is 0. The summed E-state index contributed by atoms with van der Waals surface area (Å²) in [7, 11) is -3.37. The monoisotopic (exact) mass is 344 g/mol. The lowest BCUT2D eigenvalue weighted by atomic mass is 10.1. The second-order valence-electron chi connectivity index (χ2n) is 5.20. The zero-order valence-electron chi connectivity index (χ0n) is 12.2. The van der Waals surface area contributed by atoms with Gasteiger partial charge in [0.25, 0.3) is 0 Å². The molecule has 1 heterocycles. The molecule has 0 aromatic heterocycles. The predicted octanol–water partition coefficient (Wildman–Crippen LogP) is 1.98. The van der Waals surface area contributed by atoms with Crippen molar-refractivity contribution in [2.45, 2.75) is 30.9 Å². The van der Waals surface area contributed by atoms with Crippen molar-refractivity contribution in [2.24, 2.45) is 5.73 Å². The van der Waals surface area contributed by atoms with Crippen molar-refractivity contribution in [3.8, 4) is 0 Å². The van der Waals surface area contributed by atoms with E-state index in [0.29, 0.717) is 22.9 Å². The molecule has 2 atom stereocenters. The molecule has 1 aliphatic rings. The summed E-state index contributed by atoms with van der Waals surface area (Å²) in [5, 5.41) is 0.305. The van der Waals surface area contributed by atoms with Crippen molar-refractivity contribution in [3.05, 3.63) is 35.4 Å². The molecule has 116 valence electrons. The van der Waals surface area contributed by atoms with Gasteiger partial charge in [-0.1, -0.05) is 43.4 Å². The SMILES string of the molecule is CC1SCCN(S(=O)(=O)Cc2ccccc2C(N)=S)C1C. The quantitative estimate of drug-likeness (QED) is 0.846. The Morgan fingerprint density at radius 3 is 2.76 bits per heavy atom. The Balaban J connectivity index is 2.28. The van der Waals surface area contributed by atoms with E-state index < -0.39 is 10.0 Å². The van der Waals surface area contributed by atoms with Crippen molar-refractivity contribution >= 4 is 39.0 Å². The minimum atomic E-state index is -3.37. The first-order chi connectivity index (χ1) is 9.83. The van der Waals surface area contributed by atoms with E-state index in [4.69, 9.17) is 18.0 Å². The first-order valence-electron chi connectivity index (χ1n) is 6.82. The van der Waals surface area contributed by atoms with Gasteiger partial charge in [0, 0.05) is 29.2 Å². The minimum Gasteiger partial charge on any atom is -0.389 e. The van der Waals surface area contributed by atoms with E-state index in [1.54, 1.807) is 16.4 Å². The topological polar surface area (TPSA) is 63.4 Å². The molecule has 0 spiro atoms. The maximum absolute atomic E-state index is 12.7. The van der Waals surface area contributed by atoms with Crippen LogP contribution < -0.4 is 5.73 Å². The Hall–Kier alpha value is -0.630. The van der Waals surface area contributed by atoms with Crippen LogP contribution in [0.4, 0.5) is 0 Å². The van der Waals surface area contributed by atoms with Crippen molar-refractivity contribution in [1.29, 1.82) is 0 Å². The summed E-state index contributed by atoms with van der Waals surface area (Å²) in [6, 6.07) is 7.17. The van der Waals surface area contributed by atoms with Gasteiger partial charge in [0.2, 0.25) is 10.0 Å². The van der Waals surface area contributed by atoms with Gasteiger partial charge >= 0.3 is 0 Å². The third-order valence-electron chi connectivity index (χ3n) is 3.80. The third-order valence-corrected chi connectivity index (χ3v) is 7.27. The van der Waals surface area contributed by atoms with Crippen molar-refractivity contribution in [3.63, 3.8) is 0 Å². The lowest BCUT2D eigenvalue weighted by Gasteiger charge is -2.36. The highest BCUT2D eigenvalue weighted by Crippen LogP contribution is 2.28. The highest BCUT2D eigenvalue weighted by molar-refractivity contribution is 8.00. The molecule has 7 heteroatoms. The van der Waals surface area contributed by atoms with Crippen molar-refractivity contribution in [1.82, 2.24) is 4.31 Å². The van der Waals surface area contributed by atoms with Gasteiger partial charge in [0.15, 0.2) is 0 Å². The number of nitrogens with two attached hydrogens (primary N) is 1. The standard InChI is InChI=1S/C14H20N2O2S3/c1-10-11(2)20-8-7-16(10)21(17,18)9-12-5-3-4-6-13(12)14(15)19/h3-6,10-11H,7-9H2,1-2H3,(H2,15,19). The van der Waals surface area contributed by atoms with E-state index in [-0.39, 0.29) is 16.8 Å². The van der Waals surface area contributed by atoms with Crippen LogP contribution in [0.3, 0.4) is 0 Å². The summed E-state index contributed by atoms with van der Waals surface area (Å²) in [6.45, 7) is 4.60. The van der Waals surface area contributed by atoms with E-state index >= 15 is 0 Å². The second kappa shape index (κ2) is 6.64. The Bertz CT molecular complexity index is 631. The smallest absolute Gasteiger partial charge is 0.218 e. The summed E-state index contributed by atoms with van der Waals surface area (Å²) in [4.78, 5) is 0.233. The summed E-state index contributed by atoms with van der Waals surface area (Å²) >= 11 is 6.82. The highest BCUT2D eigenvalue weighted by Gasteiger charge is 2.34. The number of benzene rings is 1. The molecule has 21 heavy (non-hydrogen) atoms. The zero-order valence-corrected chi connectivity index (χ0v) is 14.6. The van der Waals surface area contributed by atoms with Gasteiger partial charge in [0.05, 0.1) is 5.75 Å². The largest absolute Gasteiger partial charge is 0.389 e. The lowest BCUT2D eigenvalue weighted by Crippen LogP contribution is -2.48. The molecular weight excluding hydrogens is 324 g/mol. The van der Waals surface area contributed by atoms with Crippen LogP contribution in [0.5, 0.6) is 0 Å². The average molecular weight is 345 g/mol. The summed E-state index contributed by atoms with van der Waals surface area (Å²) in [5.74, 6) is 0.782. The maximum atomic E-state index is 12.7. The average Bonchev–Trinajstić information content (AvgIpc) is 2.41. The van der Waals surface area contributed by atoms with Gasteiger partial charge in [-0.05, 0) is 12.5 Å². The van der Waals surface area contributed by atoms with Crippen LogP contribution in [-0.2, 0) is 15.8 Å². The summed E-state index contributed by atoms with van der Waals surface area (Å²) < 4.78 is 27.1. The van der Waals surface area contributed by atoms with Crippen LogP contribution >= 0.6 is 24.0 Å². The van der Waals surface area contributed by atoms with Crippen molar-refractivity contribution < 1.29 is 8.42 Å². The van der Waals surface area contributed by atoms with E-state index in [9.17, 15) is 8.42 Å². The molecule has 4 nitrogen and oxygen atoms in total. The van der Waals surface area contributed by atoms with Gasteiger partial charge in [-0.2, -0.15) is 16.1 Å². The van der Waals surface area contributed by atoms with Gasteiger partial charge < -0.3 is 5.73 Å². The predicted molar refractivity (Wildman–Crippen MR) is 93.0 cm³/mol. The second-order valence-corrected chi connectivity index (χ2v) is 9.05. The molecule has 0 radical (unpaired) electrons. The van der Waals surface area contributed by atoms with E-state index in [2.05, 4.69) is 6.92 Å². The zero-order chi connectivity index (χ0) is 15.6. The van der Waals surface area contributed by atoms with Gasteiger partial charge in [-0.15, -0.1) is 0 Å². The summed E-state index contributed by atoms with van der Waals surface area (Å²) in [5.41, 5.74) is 6.99. The van der Waals surface area contributed by atoms with Crippen LogP contribution in [0.25, 0.3) is 0 Å². The van der Waals surface area contributed by atoms with E-state index in [1.807, 2.05) is 30.8 Å². The molecule has 2 unspecified atom stereocenters.